The van der Waals surface area contributed by atoms with Crippen molar-refractivity contribution in [3.05, 3.63) is 28.4 Å². The quantitative estimate of drug-likeness (QED) is 0.794. The lowest BCUT2D eigenvalue weighted by atomic mass is 9.96. The normalized spacial score (nSPS) is 23.8. The summed E-state index contributed by atoms with van der Waals surface area (Å²) in [6.07, 6.45) is 10.8. The van der Waals surface area contributed by atoms with Gasteiger partial charge in [0, 0.05) is 31.6 Å². The molecule has 0 unspecified atom stereocenters. The van der Waals surface area contributed by atoms with E-state index in [1.807, 2.05) is 4.57 Å². The molecule has 3 fully saturated rings. The molecule has 5 heteroatoms. The number of hydrogen-bond acceptors (Lipinski definition) is 4. The molecule has 3 heterocycles. The van der Waals surface area contributed by atoms with Gasteiger partial charge in [0.15, 0.2) is 0 Å². The highest BCUT2D eigenvalue weighted by Crippen LogP contribution is 2.38. The third kappa shape index (κ3) is 4.70. The van der Waals surface area contributed by atoms with Crippen molar-refractivity contribution in [3.63, 3.8) is 0 Å². The first-order valence-electron chi connectivity index (χ1n) is 10.3. The van der Waals surface area contributed by atoms with Gasteiger partial charge in [-0.05, 0) is 70.6 Å². The molecule has 1 aromatic heterocycles. The van der Waals surface area contributed by atoms with Crippen LogP contribution in [-0.2, 0) is 6.54 Å². The zero-order valence-electron chi connectivity index (χ0n) is 15.4. The van der Waals surface area contributed by atoms with Crippen LogP contribution in [0, 0.1) is 5.92 Å². The molecule has 1 aromatic rings. The molecule has 0 spiro atoms. The molecule has 0 N–H and O–H groups in total. The van der Waals surface area contributed by atoms with E-state index < -0.39 is 0 Å². The smallest absolute Gasteiger partial charge is 0.253 e. The molecule has 1 aliphatic carbocycles. The Morgan fingerprint density at radius 2 is 1.60 bits per heavy atom. The summed E-state index contributed by atoms with van der Waals surface area (Å²) in [5.74, 6) is 1.18. The Hall–Kier alpha value is -1.20. The zero-order valence-corrected chi connectivity index (χ0v) is 15.4. The number of rotatable bonds is 6. The summed E-state index contributed by atoms with van der Waals surface area (Å²) < 4.78 is 1.83. The molecule has 138 valence electrons. The highest BCUT2D eigenvalue weighted by atomic mass is 16.1. The van der Waals surface area contributed by atoms with E-state index in [9.17, 15) is 4.79 Å². The van der Waals surface area contributed by atoms with Crippen LogP contribution < -0.4 is 5.56 Å². The van der Waals surface area contributed by atoms with Gasteiger partial charge in [0.2, 0.25) is 0 Å². The van der Waals surface area contributed by atoms with Gasteiger partial charge in [-0.3, -0.25) is 9.36 Å². The van der Waals surface area contributed by atoms with Gasteiger partial charge in [-0.1, -0.05) is 6.42 Å². The van der Waals surface area contributed by atoms with E-state index in [2.05, 4.69) is 14.8 Å². The molecule has 0 amide bonds. The lowest BCUT2D eigenvalue weighted by Crippen LogP contribution is -2.42. The Labute approximate surface area is 151 Å². The van der Waals surface area contributed by atoms with Crippen molar-refractivity contribution in [3.8, 4) is 0 Å². The SMILES string of the molecule is O=c1cc(C2CC2)ncn1CC1CCN(CCN2CCCCC2)CC1. The van der Waals surface area contributed by atoms with Crippen molar-refractivity contribution in [1.29, 1.82) is 0 Å². The highest BCUT2D eigenvalue weighted by Gasteiger charge is 2.26. The Morgan fingerprint density at radius 3 is 2.24 bits per heavy atom. The standard InChI is InChI=1S/C20H32N4O/c25-20-14-19(18-4-5-18)21-16-24(20)15-17-6-10-23(11-7-17)13-12-22-8-2-1-3-9-22/h14,16-18H,1-13,15H2. The largest absolute Gasteiger partial charge is 0.302 e. The summed E-state index contributed by atoms with van der Waals surface area (Å²) in [5, 5.41) is 0. The predicted molar refractivity (Wildman–Crippen MR) is 99.9 cm³/mol. The summed E-state index contributed by atoms with van der Waals surface area (Å²) in [7, 11) is 0. The minimum Gasteiger partial charge on any atom is -0.302 e. The lowest BCUT2D eigenvalue weighted by molar-refractivity contribution is 0.140. The van der Waals surface area contributed by atoms with Gasteiger partial charge in [-0.2, -0.15) is 0 Å². The van der Waals surface area contributed by atoms with E-state index in [1.54, 1.807) is 12.4 Å². The molecule has 25 heavy (non-hydrogen) atoms. The molecular weight excluding hydrogens is 312 g/mol. The third-order valence-corrected chi connectivity index (χ3v) is 6.24. The summed E-state index contributed by atoms with van der Waals surface area (Å²) >= 11 is 0. The van der Waals surface area contributed by atoms with Crippen molar-refractivity contribution in [1.82, 2.24) is 19.4 Å². The fourth-order valence-corrected chi connectivity index (χ4v) is 4.32. The first-order valence-corrected chi connectivity index (χ1v) is 10.3. The molecule has 0 radical (unpaired) electrons. The second-order valence-electron chi connectivity index (χ2n) is 8.27. The van der Waals surface area contributed by atoms with Crippen LogP contribution in [0.3, 0.4) is 0 Å². The minimum atomic E-state index is 0.143. The summed E-state index contributed by atoms with van der Waals surface area (Å²) in [6, 6.07) is 1.77. The van der Waals surface area contributed by atoms with Crippen LogP contribution in [0.25, 0.3) is 0 Å². The summed E-state index contributed by atoms with van der Waals surface area (Å²) in [6.45, 7) is 8.24. The Morgan fingerprint density at radius 1 is 0.920 bits per heavy atom. The number of nitrogens with zero attached hydrogens (tertiary/aromatic N) is 4. The number of aromatic nitrogens is 2. The maximum absolute atomic E-state index is 12.3. The molecule has 0 atom stereocenters. The molecular formula is C20H32N4O. The molecule has 2 saturated heterocycles. The van der Waals surface area contributed by atoms with Crippen LogP contribution in [0.4, 0.5) is 0 Å². The number of hydrogen-bond donors (Lipinski definition) is 0. The number of piperidine rings is 2. The van der Waals surface area contributed by atoms with Crippen LogP contribution in [0.1, 0.15) is 56.6 Å². The average molecular weight is 345 g/mol. The average Bonchev–Trinajstić information content (AvgIpc) is 3.49. The van der Waals surface area contributed by atoms with Crippen molar-refractivity contribution in [2.75, 3.05) is 39.3 Å². The second kappa shape index (κ2) is 8.00. The lowest BCUT2D eigenvalue weighted by Gasteiger charge is -2.34. The van der Waals surface area contributed by atoms with E-state index in [4.69, 9.17) is 0 Å². The zero-order chi connectivity index (χ0) is 17.1. The van der Waals surface area contributed by atoms with Gasteiger partial charge in [0.1, 0.15) is 0 Å². The highest BCUT2D eigenvalue weighted by molar-refractivity contribution is 5.12. The van der Waals surface area contributed by atoms with Crippen molar-refractivity contribution < 1.29 is 0 Å². The van der Waals surface area contributed by atoms with Gasteiger partial charge < -0.3 is 9.80 Å². The maximum atomic E-state index is 12.3. The third-order valence-electron chi connectivity index (χ3n) is 6.24. The van der Waals surface area contributed by atoms with Crippen LogP contribution in [-0.4, -0.2) is 58.6 Å². The fourth-order valence-electron chi connectivity index (χ4n) is 4.32. The second-order valence-corrected chi connectivity index (χ2v) is 8.27. The van der Waals surface area contributed by atoms with E-state index >= 15 is 0 Å². The summed E-state index contributed by atoms with van der Waals surface area (Å²) in [5.41, 5.74) is 1.15. The molecule has 1 saturated carbocycles. The van der Waals surface area contributed by atoms with Gasteiger partial charge in [0.05, 0.1) is 12.0 Å². The number of likely N-dealkylation sites (tertiary alicyclic amines) is 2. The van der Waals surface area contributed by atoms with Crippen LogP contribution >= 0.6 is 0 Å². The Balaban J connectivity index is 1.21. The van der Waals surface area contributed by atoms with Crippen LogP contribution in [0.2, 0.25) is 0 Å². The first kappa shape index (κ1) is 17.2. The molecule has 2 aliphatic heterocycles. The molecule has 5 nitrogen and oxygen atoms in total. The first-order chi connectivity index (χ1) is 12.3. The van der Waals surface area contributed by atoms with Crippen LogP contribution in [0.15, 0.2) is 17.2 Å². The fraction of sp³-hybridized carbons (Fsp3) is 0.800. The van der Waals surface area contributed by atoms with Gasteiger partial charge in [-0.15, -0.1) is 0 Å². The van der Waals surface area contributed by atoms with Crippen molar-refractivity contribution >= 4 is 0 Å². The van der Waals surface area contributed by atoms with Crippen molar-refractivity contribution in [2.24, 2.45) is 5.92 Å². The van der Waals surface area contributed by atoms with E-state index in [1.165, 1.54) is 84.2 Å². The Kier molecular flexibility index (Phi) is 5.51. The van der Waals surface area contributed by atoms with E-state index in [-0.39, 0.29) is 5.56 Å². The van der Waals surface area contributed by atoms with Gasteiger partial charge >= 0.3 is 0 Å². The van der Waals surface area contributed by atoms with E-state index in [0.29, 0.717) is 11.8 Å². The molecule has 0 aromatic carbocycles. The monoisotopic (exact) mass is 344 g/mol. The van der Waals surface area contributed by atoms with E-state index in [0.717, 1.165) is 12.2 Å². The topological polar surface area (TPSA) is 41.4 Å². The summed E-state index contributed by atoms with van der Waals surface area (Å²) in [4.78, 5) is 22.0. The van der Waals surface area contributed by atoms with Gasteiger partial charge in [0.25, 0.3) is 5.56 Å². The molecule has 4 rings (SSSR count). The van der Waals surface area contributed by atoms with Crippen molar-refractivity contribution in [2.45, 2.75) is 57.4 Å². The molecule has 0 bridgehead atoms. The predicted octanol–water partition coefficient (Wildman–Crippen LogP) is 2.32. The minimum absolute atomic E-state index is 0.143. The maximum Gasteiger partial charge on any atom is 0.253 e. The Bertz CT molecular complexity index is 610. The van der Waals surface area contributed by atoms with Crippen LogP contribution in [0.5, 0.6) is 0 Å². The van der Waals surface area contributed by atoms with Gasteiger partial charge in [-0.25, -0.2) is 4.98 Å². The molecule has 3 aliphatic rings.